The van der Waals surface area contributed by atoms with Gasteiger partial charge in [0.25, 0.3) is 11.7 Å². The average Bonchev–Trinajstić information content (AvgIpc) is 3.18. The van der Waals surface area contributed by atoms with Gasteiger partial charge in [0.2, 0.25) is 0 Å². The van der Waals surface area contributed by atoms with Crippen molar-refractivity contribution in [3.05, 3.63) is 94.6 Å². The van der Waals surface area contributed by atoms with Gasteiger partial charge in [-0.25, -0.2) is 4.79 Å². The van der Waals surface area contributed by atoms with Crippen LogP contribution < -0.4 is 9.64 Å². The number of methoxy groups -OCH3 is 1. The minimum absolute atomic E-state index is 0.000410. The molecule has 0 aliphatic carbocycles. The first-order chi connectivity index (χ1) is 18.5. The van der Waals surface area contributed by atoms with E-state index in [0.717, 1.165) is 5.56 Å². The molecule has 39 heavy (non-hydrogen) atoms. The molecule has 2 N–H and O–H groups in total. The number of carbonyl (C=O) groups excluding carboxylic acids is 3. The minimum Gasteiger partial charge on any atom is -0.508 e. The van der Waals surface area contributed by atoms with Crippen molar-refractivity contribution in [1.29, 1.82) is 0 Å². The van der Waals surface area contributed by atoms with E-state index in [1.54, 1.807) is 49.4 Å². The maximum absolute atomic E-state index is 13.6. The standard InChI is InChI=1S/C31H31NO7/c1-6-39-30(37)19-8-7-9-21(16-19)32-26(18-10-13-22(33)14-11-18)25(28(35)29(32)36)27(34)23-17-20(31(2,3)4)12-15-24(23)38-5/h7-17,26,33-34H,6H2,1-5H3/b27-25+. The van der Waals surface area contributed by atoms with Gasteiger partial charge >= 0.3 is 5.97 Å². The third-order valence-corrected chi connectivity index (χ3v) is 6.61. The number of hydrogen-bond acceptors (Lipinski definition) is 7. The van der Waals surface area contributed by atoms with Crippen LogP contribution in [0.1, 0.15) is 60.8 Å². The molecule has 0 bridgehead atoms. The number of phenolic OH excluding ortho intramolecular Hbond substituents is 1. The van der Waals surface area contributed by atoms with Crippen molar-refractivity contribution in [2.45, 2.75) is 39.2 Å². The number of rotatable bonds is 6. The number of carbonyl (C=O) groups is 3. The first-order valence-corrected chi connectivity index (χ1v) is 12.5. The number of anilines is 1. The molecule has 1 heterocycles. The fourth-order valence-corrected chi connectivity index (χ4v) is 4.57. The highest BCUT2D eigenvalue weighted by atomic mass is 16.5. The summed E-state index contributed by atoms with van der Waals surface area (Å²) in [5.41, 5.74) is 1.71. The smallest absolute Gasteiger partial charge is 0.338 e. The molecular formula is C31H31NO7. The summed E-state index contributed by atoms with van der Waals surface area (Å²) >= 11 is 0. The molecule has 8 heteroatoms. The summed E-state index contributed by atoms with van der Waals surface area (Å²) < 4.78 is 10.6. The molecule has 0 radical (unpaired) electrons. The summed E-state index contributed by atoms with van der Waals surface area (Å²) in [7, 11) is 1.46. The van der Waals surface area contributed by atoms with Crippen molar-refractivity contribution in [2.75, 3.05) is 18.6 Å². The van der Waals surface area contributed by atoms with Gasteiger partial charge in [0.1, 0.15) is 17.3 Å². The van der Waals surface area contributed by atoms with Crippen LogP contribution in [0.15, 0.2) is 72.3 Å². The van der Waals surface area contributed by atoms with Gasteiger partial charge in [0, 0.05) is 5.69 Å². The highest BCUT2D eigenvalue weighted by Crippen LogP contribution is 2.44. The van der Waals surface area contributed by atoms with Gasteiger partial charge in [-0.2, -0.15) is 0 Å². The van der Waals surface area contributed by atoms with Crippen LogP contribution in [-0.2, 0) is 19.7 Å². The minimum atomic E-state index is -1.05. The zero-order valence-corrected chi connectivity index (χ0v) is 22.5. The first-order valence-electron chi connectivity index (χ1n) is 12.5. The van der Waals surface area contributed by atoms with Crippen molar-refractivity contribution < 1.29 is 34.1 Å². The quantitative estimate of drug-likeness (QED) is 0.188. The molecule has 0 saturated carbocycles. The van der Waals surface area contributed by atoms with Crippen LogP contribution in [0.4, 0.5) is 5.69 Å². The van der Waals surface area contributed by atoms with E-state index in [-0.39, 0.29) is 40.2 Å². The van der Waals surface area contributed by atoms with Crippen LogP contribution in [0.2, 0.25) is 0 Å². The maximum Gasteiger partial charge on any atom is 0.338 e. The van der Waals surface area contributed by atoms with Crippen LogP contribution in [0, 0.1) is 0 Å². The molecule has 3 aromatic rings. The van der Waals surface area contributed by atoms with Gasteiger partial charge in [0.05, 0.1) is 36.5 Å². The van der Waals surface area contributed by atoms with Crippen molar-refractivity contribution in [1.82, 2.24) is 0 Å². The van der Waals surface area contributed by atoms with Gasteiger partial charge in [-0.05, 0) is 65.9 Å². The van der Waals surface area contributed by atoms with Crippen LogP contribution in [0.25, 0.3) is 5.76 Å². The molecule has 202 valence electrons. The number of aliphatic hydroxyl groups excluding tert-OH is 1. The zero-order chi connectivity index (χ0) is 28.5. The molecule has 8 nitrogen and oxygen atoms in total. The number of ketones is 1. The Hall–Kier alpha value is -4.59. The van der Waals surface area contributed by atoms with Crippen LogP contribution in [0.3, 0.4) is 0 Å². The second-order valence-corrected chi connectivity index (χ2v) is 10.2. The molecular weight excluding hydrogens is 498 g/mol. The predicted molar refractivity (Wildman–Crippen MR) is 147 cm³/mol. The second-order valence-electron chi connectivity index (χ2n) is 10.2. The van der Waals surface area contributed by atoms with Gasteiger partial charge in [-0.15, -0.1) is 0 Å². The van der Waals surface area contributed by atoms with Crippen LogP contribution in [-0.4, -0.2) is 41.6 Å². The number of phenols is 1. The normalized spacial score (nSPS) is 16.8. The Morgan fingerprint density at radius 1 is 1.00 bits per heavy atom. The van der Waals surface area contributed by atoms with E-state index in [1.165, 1.54) is 30.2 Å². The van der Waals surface area contributed by atoms with Crippen molar-refractivity contribution >= 4 is 29.1 Å². The number of esters is 1. The number of aliphatic hydroxyl groups is 1. The Balaban J connectivity index is 1.97. The fraction of sp³-hybridized carbons (Fsp3) is 0.258. The largest absolute Gasteiger partial charge is 0.508 e. The van der Waals surface area contributed by atoms with E-state index in [0.29, 0.717) is 11.3 Å². The third-order valence-electron chi connectivity index (χ3n) is 6.61. The summed E-state index contributed by atoms with van der Waals surface area (Å²) in [4.78, 5) is 40.7. The molecule has 1 unspecified atom stereocenters. The number of aromatic hydroxyl groups is 1. The van der Waals surface area contributed by atoms with E-state index in [9.17, 15) is 24.6 Å². The summed E-state index contributed by atoms with van der Waals surface area (Å²) in [5, 5.41) is 21.5. The lowest BCUT2D eigenvalue weighted by atomic mass is 9.85. The second kappa shape index (κ2) is 10.6. The Morgan fingerprint density at radius 3 is 2.31 bits per heavy atom. The number of amides is 1. The molecule has 1 fully saturated rings. The van der Waals surface area contributed by atoms with E-state index in [2.05, 4.69) is 0 Å². The van der Waals surface area contributed by atoms with E-state index < -0.39 is 29.5 Å². The molecule has 1 aliphatic rings. The highest BCUT2D eigenvalue weighted by Gasteiger charge is 2.47. The number of Topliss-reactive ketones (excluding diaryl/α,β-unsaturated/α-hetero) is 1. The van der Waals surface area contributed by atoms with Crippen molar-refractivity contribution in [3.63, 3.8) is 0 Å². The van der Waals surface area contributed by atoms with Gasteiger partial charge < -0.3 is 19.7 Å². The first kappa shape index (κ1) is 27.4. The monoisotopic (exact) mass is 529 g/mol. The lowest BCUT2D eigenvalue weighted by molar-refractivity contribution is -0.132. The Labute approximate surface area is 227 Å². The van der Waals surface area contributed by atoms with Crippen molar-refractivity contribution in [3.8, 4) is 11.5 Å². The third kappa shape index (κ3) is 5.23. The summed E-state index contributed by atoms with van der Waals surface area (Å²) in [6, 6.07) is 16.5. The zero-order valence-electron chi connectivity index (χ0n) is 22.5. The van der Waals surface area contributed by atoms with Gasteiger partial charge in [0.15, 0.2) is 0 Å². The molecule has 0 spiro atoms. The van der Waals surface area contributed by atoms with Crippen LogP contribution in [0.5, 0.6) is 11.5 Å². The molecule has 1 saturated heterocycles. The molecule has 3 aromatic carbocycles. The van der Waals surface area contributed by atoms with E-state index in [1.807, 2.05) is 26.8 Å². The summed E-state index contributed by atoms with van der Waals surface area (Å²) in [6.07, 6.45) is 0. The number of hydrogen-bond donors (Lipinski definition) is 2. The Morgan fingerprint density at radius 2 is 1.69 bits per heavy atom. The van der Waals surface area contributed by atoms with Gasteiger partial charge in [-0.3, -0.25) is 14.5 Å². The number of ether oxygens (including phenoxy) is 2. The SMILES string of the molecule is CCOC(=O)c1cccc(N2C(=O)C(=O)/C(=C(/O)c3cc(C(C)(C)C)ccc3OC)C2c2ccc(O)cc2)c1. The molecule has 4 rings (SSSR count). The van der Waals surface area contributed by atoms with Crippen molar-refractivity contribution in [2.24, 2.45) is 0 Å². The highest BCUT2D eigenvalue weighted by molar-refractivity contribution is 6.51. The summed E-state index contributed by atoms with van der Waals surface area (Å²) in [6.45, 7) is 7.92. The molecule has 1 amide bonds. The maximum atomic E-state index is 13.6. The van der Waals surface area contributed by atoms with Crippen LogP contribution >= 0.6 is 0 Å². The molecule has 1 atom stereocenters. The lowest BCUT2D eigenvalue weighted by Crippen LogP contribution is -2.29. The Kier molecular flexibility index (Phi) is 7.49. The number of benzene rings is 3. The molecule has 0 aromatic heterocycles. The Bertz CT molecular complexity index is 1460. The summed E-state index contributed by atoms with van der Waals surface area (Å²) in [5.74, 6) is -2.39. The van der Waals surface area contributed by atoms with E-state index in [4.69, 9.17) is 9.47 Å². The lowest BCUT2D eigenvalue weighted by Gasteiger charge is -2.26. The fourth-order valence-electron chi connectivity index (χ4n) is 4.57. The molecule has 1 aliphatic heterocycles. The average molecular weight is 530 g/mol. The predicted octanol–water partition coefficient (Wildman–Crippen LogP) is 5.50. The van der Waals surface area contributed by atoms with E-state index >= 15 is 0 Å². The number of nitrogens with zero attached hydrogens (tertiary/aromatic N) is 1. The van der Waals surface area contributed by atoms with Gasteiger partial charge in [-0.1, -0.05) is 45.0 Å². The topological polar surface area (TPSA) is 113 Å².